The van der Waals surface area contributed by atoms with Crippen LogP contribution in [0.3, 0.4) is 0 Å². The van der Waals surface area contributed by atoms with Crippen LogP contribution in [0.25, 0.3) is 0 Å². The monoisotopic (exact) mass is 260 g/mol. The molecule has 0 aliphatic rings. The second-order valence-electron chi connectivity index (χ2n) is 4.02. The van der Waals surface area contributed by atoms with Crippen LogP contribution in [0.2, 0.25) is 0 Å². The highest BCUT2D eigenvalue weighted by atomic mass is 16.5. The van der Waals surface area contributed by atoms with Crippen molar-refractivity contribution in [1.29, 1.82) is 5.26 Å². The van der Waals surface area contributed by atoms with Gasteiger partial charge in [0.2, 0.25) is 5.91 Å². The second kappa shape index (κ2) is 7.17. The normalized spacial score (nSPS) is 11.2. The van der Waals surface area contributed by atoms with E-state index in [2.05, 4.69) is 5.32 Å². The van der Waals surface area contributed by atoms with Crippen molar-refractivity contribution in [3.8, 4) is 6.07 Å². The Hall–Kier alpha value is -2.35. The maximum absolute atomic E-state index is 11.7. The zero-order valence-corrected chi connectivity index (χ0v) is 11.0. The van der Waals surface area contributed by atoms with Crippen molar-refractivity contribution in [1.82, 2.24) is 5.32 Å². The van der Waals surface area contributed by atoms with E-state index in [1.165, 1.54) is 6.92 Å². The maximum Gasteiger partial charge on any atom is 0.328 e. The predicted octanol–water partition coefficient (Wildman–Crippen LogP) is 1.17. The lowest BCUT2D eigenvalue weighted by Crippen LogP contribution is -2.42. The van der Waals surface area contributed by atoms with Gasteiger partial charge in [-0.3, -0.25) is 4.79 Å². The number of ether oxygens (including phenoxy) is 1. The molecule has 1 aromatic rings. The van der Waals surface area contributed by atoms with Gasteiger partial charge >= 0.3 is 5.97 Å². The van der Waals surface area contributed by atoms with E-state index in [1.54, 1.807) is 31.2 Å². The number of nitrogens with one attached hydrogen (secondary N) is 1. The molecule has 19 heavy (non-hydrogen) atoms. The van der Waals surface area contributed by atoms with E-state index in [4.69, 9.17) is 10.00 Å². The lowest BCUT2D eigenvalue weighted by molar-refractivity contribution is -0.147. The van der Waals surface area contributed by atoms with E-state index < -0.39 is 12.0 Å². The molecule has 0 heterocycles. The minimum absolute atomic E-state index is 0.266. The molecule has 5 nitrogen and oxygen atoms in total. The Kier molecular flexibility index (Phi) is 5.55. The Morgan fingerprint density at radius 3 is 2.47 bits per heavy atom. The van der Waals surface area contributed by atoms with Crippen LogP contribution < -0.4 is 5.32 Å². The third kappa shape index (κ3) is 4.80. The van der Waals surface area contributed by atoms with E-state index in [0.29, 0.717) is 12.0 Å². The second-order valence-corrected chi connectivity index (χ2v) is 4.02. The van der Waals surface area contributed by atoms with E-state index in [-0.39, 0.29) is 12.5 Å². The van der Waals surface area contributed by atoms with Crippen LogP contribution in [0.15, 0.2) is 24.3 Å². The molecule has 0 saturated carbocycles. The molecule has 1 amide bonds. The zero-order valence-electron chi connectivity index (χ0n) is 11.0. The smallest absolute Gasteiger partial charge is 0.328 e. The summed E-state index contributed by atoms with van der Waals surface area (Å²) in [6, 6.07) is 8.18. The highest BCUT2D eigenvalue weighted by Gasteiger charge is 2.20. The van der Waals surface area contributed by atoms with Crippen LogP contribution >= 0.6 is 0 Å². The number of benzene rings is 1. The highest BCUT2D eigenvalue weighted by molar-refractivity contribution is 5.83. The third-order valence-electron chi connectivity index (χ3n) is 2.47. The topological polar surface area (TPSA) is 79.2 Å². The van der Waals surface area contributed by atoms with E-state index in [9.17, 15) is 9.59 Å². The first-order valence-electron chi connectivity index (χ1n) is 5.99. The minimum Gasteiger partial charge on any atom is -0.464 e. The van der Waals surface area contributed by atoms with Crippen LogP contribution in [0.4, 0.5) is 0 Å². The number of carbonyl (C=O) groups is 2. The molecule has 5 heteroatoms. The Morgan fingerprint density at radius 1 is 1.37 bits per heavy atom. The summed E-state index contributed by atoms with van der Waals surface area (Å²) in [6.07, 6.45) is 0.337. The molecule has 1 N–H and O–H groups in total. The van der Waals surface area contributed by atoms with Crippen molar-refractivity contribution in [3.05, 3.63) is 35.4 Å². The van der Waals surface area contributed by atoms with Crippen molar-refractivity contribution in [2.45, 2.75) is 26.3 Å². The summed E-state index contributed by atoms with van der Waals surface area (Å²) in [6.45, 7) is 3.33. The predicted molar refractivity (Wildman–Crippen MR) is 69.1 cm³/mol. The number of rotatable bonds is 5. The standard InChI is InChI=1S/C14H16N2O3/c1-3-19-14(18)13(16-10(2)17)8-11-4-6-12(9-15)7-5-11/h4-7,13H,3,8H2,1-2H3,(H,16,17)/t13-/m1/s1. The van der Waals surface area contributed by atoms with Gasteiger partial charge in [-0.15, -0.1) is 0 Å². The molecule has 0 unspecified atom stereocenters. The van der Waals surface area contributed by atoms with Crippen LogP contribution in [0, 0.1) is 11.3 Å². The molecule has 0 aliphatic heterocycles. The zero-order chi connectivity index (χ0) is 14.3. The van der Waals surface area contributed by atoms with Crippen LogP contribution in [-0.2, 0) is 20.7 Å². The van der Waals surface area contributed by atoms with Gasteiger partial charge in [0.05, 0.1) is 18.2 Å². The third-order valence-corrected chi connectivity index (χ3v) is 2.47. The Balaban J connectivity index is 2.78. The van der Waals surface area contributed by atoms with Gasteiger partial charge in [-0.2, -0.15) is 5.26 Å². The van der Waals surface area contributed by atoms with Gasteiger partial charge in [0, 0.05) is 13.3 Å². The van der Waals surface area contributed by atoms with Crippen molar-refractivity contribution in [2.24, 2.45) is 0 Å². The molecule has 0 radical (unpaired) electrons. The van der Waals surface area contributed by atoms with Gasteiger partial charge in [0.25, 0.3) is 0 Å². The van der Waals surface area contributed by atoms with Crippen LogP contribution in [0.5, 0.6) is 0 Å². The summed E-state index contributed by atoms with van der Waals surface area (Å²) in [4.78, 5) is 22.8. The van der Waals surface area contributed by atoms with Crippen LogP contribution in [-0.4, -0.2) is 24.5 Å². The molecule has 0 saturated heterocycles. The molecule has 1 rings (SSSR count). The molecule has 100 valence electrons. The summed E-state index contributed by atoms with van der Waals surface area (Å²) in [5.41, 5.74) is 1.40. The number of amides is 1. The molecule has 0 aromatic heterocycles. The molecule has 0 fully saturated rings. The summed E-state index contributed by atoms with van der Waals surface area (Å²) >= 11 is 0. The molecule has 1 aromatic carbocycles. The lowest BCUT2D eigenvalue weighted by atomic mass is 10.0. The van der Waals surface area contributed by atoms with Gasteiger partial charge in [0.1, 0.15) is 6.04 Å². The first-order valence-corrected chi connectivity index (χ1v) is 5.99. The summed E-state index contributed by atoms with van der Waals surface area (Å²) < 4.78 is 4.92. The lowest BCUT2D eigenvalue weighted by Gasteiger charge is -2.16. The molecular weight excluding hydrogens is 244 g/mol. The molecule has 0 bridgehead atoms. The molecule has 1 atom stereocenters. The minimum atomic E-state index is -0.703. The Bertz CT molecular complexity index is 488. The Morgan fingerprint density at radius 2 is 2.00 bits per heavy atom. The number of nitrogens with zero attached hydrogens (tertiary/aromatic N) is 1. The fourth-order valence-electron chi connectivity index (χ4n) is 1.63. The number of hydrogen-bond acceptors (Lipinski definition) is 4. The van der Waals surface area contributed by atoms with Crippen LogP contribution in [0.1, 0.15) is 25.0 Å². The fraction of sp³-hybridized carbons (Fsp3) is 0.357. The molecule has 0 aliphatic carbocycles. The SMILES string of the molecule is CCOC(=O)[C@@H](Cc1ccc(C#N)cc1)NC(C)=O. The van der Waals surface area contributed by atoms with Gasteiger partial charge < -0.3 is 10.1 Å². The van der Waals surface area contributed by atoms with Gasteiger partial charge in [-0.05, 0) is 24.6 Å². The summed E-state index contributed by atoms with van der Waals surface area (Å²) in [5, 5.41) is 11.3. The van der Waals surface area contributed by atoms with Gasteiger partial charge in [0.15, 0.2) is 0 Å². The van der Waals surface area contributed by atoms with Gasteiger partial charge in [-0.25, -0.2) is 4.79 Å². The van der Waals surface area contributed by atoms with E-state index >= 15 is 0 Å². The van der Waals surface area contributed by atoms with Crippen molar-refractivity contribution >= 4 is 11.9 Å². The van der Waals surface area contributed by atoms with Crippen molar-refractivity contribution in [2.75, 3.05) is 6.61 Å². The first-order chi connectivity index (χ1) is 9.06. The number of nitriles is 1. The van der Waals surface area contributed by atoms with Gasteiger partial charge in [-0.1, -0.05) is 12.1 Å². The molecule has 0 spiro atoms. The number of carbonyl (C=O) groups excluding carboxylic acids is 2. The summed E-state index contributed by atoms with van der Waals surface area (Å²) in [7, 11) is 0. The highest BCUT2D eigenvalue weighted by Crippen LogP contribution is 2.07. The average molecular weight is 260 g/mol. The van der Waals surface area contributed by atoms with Crippen molar-refractivity contribution in [3.63, 3.8) is 0 Å². The number of esters is 1. The quantitative estimate of drug-likeness (QED) is 0.806. The molecular formula is C14H16N2O3. The average Bonchev–Trinajstić information content (AvgIpc) is 2.38. The largest absolute Gasteiger partial charge is 0.464 e. The summed E-state index contributed by atoms with van der Waals surface area (Å²) in [5.74, 6) is -0.742. The first kappa shape index (κ1) is 14.7. The maximum atomic E-state index is 11.7. The van der Waals surface area contributed by atoms with Crippen molar-refractivity contribution < 1.29 is 14.3 Å². The fourth-order valence-corrected chi connectivity index (χ4v) is 1.63. The van der Waals surface area contributed by atoms with E-state index in [0.717, 1.165) is 5.56 Å². The van der Waals surface area contributed by atoms with E-state index in [1.807, 2.05) is 6.07 Å². The number of hydrogen-bond donors (Lipinski definition) is 1. The Labute approximate surface area is 112 Å².